The molecule has 1 amide bonds. The molecule has 0 saturated carbocycles. The predicted octanol–water partition coefficient (Wildman–Crippen LogP) is 3.90. The van der Waals surface area contributed by atoms with Crippen molar-refractivity contribution in [2.75, 3.05) is 0 Å². The van der Waals surface area contributed by atoms with Crippen LogP contribution in [0.25, 0.3) is 0 Å². The maximum atomic E-state index is 12.2. The zero-order valence-electron chi connectivity index (χ0n) is 14.2. The first-order chi connectivity index (χ1) is 12.2. The number of nitrogens with one attached hydrogen (secondary N) is 1. The zero-order chi connectivity index (χ0) is 17.6. The van der Waals surface area contributed by atoms with Crippen LogP contribution in [0.1, 0.15) is 34.3 Å². The maximum Gasteiger partial charge on any atom is 0.239 e. The molecule has 3 N–H and O–H groups in total. The fourth-order valence-electron chi connectivity index (χ4n) is 3.08. The molecule has 0 saturated heterocycles. The van der Waals surface area contributed by atoms with Gasteiger partial charge in [0.15, 0.2) is 0 Å². The van der Waals surface area contributed by atoms with Crippen LogP contribution < -0.4 is 11.1 Å². The Labute approximate surface area is 148 Å². The van der Waals surface area contributed by atoms with Crippen molar-refractivity contribution < 1.29 is 4.79 Å². The summed E-state index contributed by atoms with van der Waals surface area (Å²) in [4.78, 5) is 12.2. The number of hydrogen-bond acceptors (Lipinski definition) is 2. The lowest BCUT2D eigenvalue weighted by Gasteiger charge is -2.26. The van der Waals surface area contributed by atoms with Crippen molar-refractivity contribution in [1.82, 2.24) is 5.32 Å². The van der Waals surface area contributed by atoms with Crippen LogP contribution in [0, 0.1) is 6.92 Å². The van der Waals surface area contributed by atoms with E-state index in [1.54, 1.807) is 0 Å². The van der Waals surface area contributed by atoms with Gasteiger partial charge in [0.1, 0.15) is 6.04 Å². The van der Waals surface area contributed by atoms with Gasteiger partial charge in [0.25, 0.3) is 0 Å². The number of hydrogen-bond donors (Lipinski definition) is 2. The molecule has 3 aromatic rings. The zero-order valence-corrected chi connectivity index (χ0v) is 14.2. The van der Waals surface area contributed by atoms with E-state index in [9.17, 15) is 4.79 Å². The number of nitrogens with two attached hydrogens (primary N) is 1. The second kappa shape index (κ2) is 7.77. The van der Waals surface area contributed by atoms with Gasteiger partial charge in [-0.3, -0.25) is 10.1 Å². The van der Waals surface area contributed by atoms with Crippen LogP contribution in [-0.2, 0) is 4.79 Å². The Bertz CT molecular complexity index is 791. The van der Waals surface area contributed by atoms with Crippen molar-refractivity contribution in [2.45, 2.75) is 19.0 Å². The fourth-order valence-corrected chi connectivity index (χ4v) is 3.08. The van der Waals surface area contributed by atoms with E-state index in [4.69, 9.17) is 5.73 Å². The lowest BCUT2D eigenvalue weighted by molar-refractivity contribution is -0.120. The van der Waals surface area contributed by atoms with Crippen LogP contribution >= 0.6 is 0 Å². The average Bonchev–Trinajstić information content (AvgIpc) is 2.65. The van der Waals surface area contributed by atoms with Crippen LogP contribution in [0.2, 0.25) is 0 Å². The van der Waals surface area contributed by atoms with Crippen molar-refractivity contribution >= 4 is 5.91 Å². The molecular formula is C22H22N2O. The molecule has 3 heteroatoms. The van der Waals surface area contributed by atoms with Gasteiger partial charge in [-0.15, -0.1) is 0 Å². The van der Waals surface area contributed by atoms with Gasteiger partial charge >= 0.3 is 0 Å². The van der Waals surface area contributed by atoms with Crippen molar-refractivity contribution in [3.8, 4) is 0 Å². The van der Waals surface area contributed by atoms with Gasteiger partial charge in [0.2, 0.25) is 5.91 Å². The van der Waals surface area contributed by atoms with E-state index in [1.807, 2.05) is 67.6 Å². The van der Waals surface area contributed by atoms with Crippen molar-refractivity contribution in [1.29, 1.82) is 0 Å². The van der Waals surface area contributed by atoms with Gasteiger partial charge in [-0.05, 0) is 29.2 Å². The van der Waals surface area contributed by atoms with Gasteiger partial charge in [-0.2, -0.15) is 0 Å². The van der Waals surface area contributed by atoms with Gasteiger partial charge < -0.3 is 5.73 Å². The van der Waals surface area contributed by atoms with Crippen LogP contribution in [0.4, 0.5) is 0 Å². The molecule has 0 aliphatic rings. The molecule has 0 heterocycles. The molecule has 0 spiro atoms. The average molecular weight is 330 g/mol. The van der Waals surface area contributed by atoms with E-state index in [-0.39, 0.29) is 11.9 Å². The standard InChI is InChI=1S/C22H22N2O/c1-16-10-8-9-15-19(16)21(22(23)25)24-20(17-11-4-2-5-12-17)18-13-6-3-7-14-18/h2-15,20-21,24H,1H3,(H2,23,25). The second-order valence-electron chi connectivity index (χ2n) is 6.11. The van der Waals surface area contributed by atoms with Crippen LogP contribution in [0.3, 0.4) is 0 Å². The molecule has 0 aromatic heterocycles. The number of carbonyl (C=O) groups excluding carboxylic acids is 1. The minimum atomic E-state index is -0.563. The largest absolute Gasteiger partial charge is 0.368 e. The van der Waals surface area contributed by atoms with E-state index in [0.717, 1.165) is 22.3 Å². The fraction of sp³-hybridized carbons (Fsp3) is 0.136. The Balaban J connectivity index is 2.01. The molecule has 3 nitrogen and oxygen atoms in total. The third-order valence-electron chi connectivity index (χ3n) is 4.38. The lowest BCUT2D eigenvalue weighted by Crippen LogP contribution is -2.37. The molecule has 0 aliphatic heterocycles. The van der Waals surface area contributed by atoms with Gasteiger partial charge in [0, 0.05) is 0 Å². The molecule has 25 heavy (non-hydrogen) atoms. The second-order valence-corrected chi connectivity index (χ2v) is 6.11. The Morgan fingerprint density at radius 2 is 1.28 bits per heavy atom. The molecule has 0 bridgehead atoms. The summed E-state index contributed by atoms with van der Waals surface area (Å²) in [5.41, 5.74) is 9.87. The first-order valence-electron chi connectivity index (χ1n) is 8.37. The first-order valence-corrected chi connectivity index (χ1v) is 8.37. The van der Waals surface area contributed by atoms with Crippen molar-refractivity contribution in [2.24, 2.45) is 5.73 Å². The third kappa shape index (κ3) is 3.95. The number of carbonyl (C=O) groups is 1. The van der Waals surface area contributed by atoms with E-state index in [0.29, 0.717) is 0 Å². The normalized spacial score (nSPS) is 12.1. The summed E-state index contributed by atoms with van der Waals surface area (Å²) >= 11 is 0. The molecule has 126 valence electrons. The Hall–Kier alpha value is -2.91. The number of amides is 1. The predicted molar refractivity (Wildman–Crippen MR) is 101 cm³/mol. The molecule has 1 atom stereocenters. The third-order valence-corrected chi connectivity index (χ3v) is 4.38. The maximum absolute atomic E-state index is 12.2. The van der Waals surface area contributed by atoms with Gasteiger partial charge in [-0.25, -0.2) is 0 Å². The quantitative estimate of drug-likeness (QED) is 0.720. The first kappa shape index (κ1) is 16.9. The summed E-state index contributed by atoms with van der Waals surface area (Å²) in [5, 5.41) is 3.47. The minimum absolute atomic E-state index is 0.125. The Morgan fingerprint density at radius 1 is 0.800 bits per heavy atom. The van der Waals surface area contributed by atoms with Gasteiger partial charge in [0.05, 0.1) is 6.04 Å². The van der Waals surface area contributed by atoms with Gasteiger partial charge in [-0.1, -0.05) is 84.9 Å². The molecule has 0 radical (unpaired) electrons. The molecular weight excluding hydrogens is 308 g/mol. The van der Waals surface area contributed by atoms with E-state index < -0.39 is 6.04 Å². The highest BCUT2D eigenvalue weighted by Gasteiger charge is 2.24. The molecule has 3 aromatic carbocycles. The molecule has 3 rings (SSSR count). The Morgan fingerprint density at radius 3 is 1.76 bits per heavy atom. The number of aryl methyl sites for hydroxylation is 1. The SMILES string of the molecule is Cc1ccccc1C(NC(c1ccccc1)c1ccccc1)C(N)=O. The minimum Gasteiger partial charge on any atom is -0.368 e. The van der Waals surface area contributed by atoms with E-state index in [1.165, 1.54) is 0 Å². The highest BCUT2D eigenvalue weighted by molar-refractivity contribution is 5.82. The smallest absolute Gasteiger partial charge is 0.239 e. The summed E-state index contributed by atoms with van der Waals surface area (Å²) in [6, 6.07) is 27.3. The highest BCUT2D eigenvalue weighted by Crippen LogP contribution is 2.27. The van der Waals surface area contributed by atoms with E-state index in [2.05, 4.69) is 29.6 Å². The molecule has 1 unspecified atom stereocenters. The number of rotatable bonds is 6. The monoisotopic (exact) mass is 330 g/mol. The Kier molecular flexibility index (Phi) is 5.26. The van der Waals surface area contributed by atoms with E-state index >= 15 is 0 Å². The number of benzene rings is 3. The van der Waals surface area contributed by atoms with Crippen molar-refractivity contribution in [3.63, 3.8) is 0 Å². The van der Waals surface area contributed by atoms with Crippen LogP contribution in [0.5, 0.6) is 0 Å². The summed E-state index contributed by atoms with van der Waals surface area (Å²) in [7, 11) is 0. The molecule has 0 fully saturated rings. The number of primary amides is 1. The lowest BCUT2D eigenvalue weighted by atomic mass is 9.94. The summed E-state index contributed by atoms with van der Waals surface area (Å²) in [6.07, 6.45) is 0. The highest BCUT2D eigenvalue weighted by atomic mass is 16.1. The van der Waals surface area contributed by atoms with Crippen LogP contribution in [0.15, 0.2) is 84.9 Å². The topological polar surface area (TPSA) is 55.1 Å². The van der Waals surface area contributed by atoms with Crippen molar-refractivity contribution in [3.05, 3.63) is 107 Å². The summed E-state index contributed by atoms with van der Waals surface area (Å²) in [6.45, 7) is 1.99. The summed E-state index contributed by atoms with van der Waals surface area (Å²) < 4.78 is 0. The molecule has 0 aliphatic carbocycles. The summed E-state index contributed by atoms with van der Waals surface area (Å²) in [5.74, 6) is -0.383. The van der Waals surface area contributed by atoms with Crippen LogP contribution in [-0.4, -0.2) is 5.91 Å².